The van der Waals surface area contributed by atoms with Crippen LogP contribution in [0.5, 0.6) is 11.5 Å². The first kappa shape index (κ1) is 15.6. The molecule has 0 aliphatic heterocycles. The van der Waals surface area contributed by atoms with Crippen LogP contribution < -0.4 is 10.1 Å². The number of amides is 1. The Labute approximate surface area is 118 Å². The molecule has 0 aliphatic rings. The maximum absolute atomic E-state index is 12.0. The van der Waals surface area contributed by atoms with Crippen LogP contribution in [-0.2, 0) is 0 Å². The number of hydrogen-bond donors (Lipinski definition) is 2. The number of carbonyl (C=O) groups excluding carboxylic acids is 1. The summed E-state index contributed by atoms with van der Waals surface area (Å²) in [6.45, 7) is 4.55. The number of aromatic hydroxyl groups is 1. The molecular formula is C14H20ClNO3. The van der Waals surface area contributed by atoms with Crippen LogP contribution in [-0.4, -0.2) is 30.5 Å². The average molecular weight is 286 g/mol. The predicted molar refractivity (Wildman–Crippen MR) is 76.1 cm³/mol. The highest BCUT2D eigenvalue weighted by Crippen LogP contribution is 2.29. The standard InChI is InChI=1S/C14H20ClNO3/c1-14(2,7-8-15)9-16-13(18)10-5-4-6-11(19-3)12(10)17/h4-6,17H,7-9H2,1-3H3,(H,16,18). The Morgan fingerprint density at radius 3 is 2.74 bits per heavy atom. The molecule has 5 heteroatoms. The van der Waals surface area contributed by atoms with Gasteiger partial charge in [-0.05, 0) is 24.0 Å². The molecule has 0 radical (unpaired) electrons. The normalized spacial score (nSPS) is 11.2. The van der Waals surface area contributed by atoms with Crippen molar-refractivity contribution >= 4 is 17.5 Å². The summed E-state index contributed by atoms with van der Waals surface area (Å²) in [5, 5.41) is 12.7. The Hall–Kier alpha value is -1.42. The summed E-state index contributed by atoms with van der Waals surface area (Å²) in [4.78, 5) is 12.0. The number of carbonyl (C=O) groups is 1. The number of phenols is 1. The summed E-state index contributed by atoms with van der Waals surface area (Å²) in [7, 11) is 1.44. The maximum atomic E-state index is 12.0. The number of methoxy groups -OCH3 is 1. The van der Waals surface area contributed by atoms with Crippen LogP contribution in [0.4, 0.5) is 0 Å². The molecule has 1 aromatic carbocycles. The first-order chi connectivity index (χ1) is 8.91. The molecule has 19 heavy (non-hydrogen) atoms. The lowest BCUT2D eigenvalue weighted by Crippen LogP contribution is -2.34. The van der Waals surface area contributed by atoms with Crippen molar-refractivity contribution in [3.8, 4) is 11.5 Å². The van der Waals surface area contributed by atoms with E-state index in [9.17, 15) is 9.90 Å². The number of rotatable bonds is 6. The van der Waals surface area contributed by atoms with Crippen LogP contribution in [0.3, 0.4) is 0 Å². The van der Waals surface area contributed by atoms with Gasteiger partial charge < -0.3 is 15.2 Å². The molecule has 0 atom stereocenters. The maximum Gasteiger partial charge on any atom is 0.255 e. The average Bonchev–Trinajstić information content (AvgIpc) is 2.36. The molecular weight excluding hydrogens is 266 g/mol. The Morgan fingerprint density at radius 2 is 2.16 bits per heavy atom. The monoisotopic (exact) mass is 285 g/mol. The number of nitrogens with one attached hydrogen (secondary N) is 1. The summed E-state index contributed by atoms with van der Waals surface area (Å²) < 4.78 is 4.97. The highest BCUT2D eigenvalue weighted by Gasteiger charge is 2.20. The first-order valence-corrected chi connectivity index (χ1v) is 6.65. The minimum Gasteiger partial charge on any atom is -0.504 e. The molecule has 0 spiro atoms. The second-order valence-electron chi connectivity index (χ2n) is 5.14. The van der Waals surface area contributed by atoms with Crippen LogP contribution in [0.1, 0.15) is 30.6 Å². The van der Waals surface area contributed by atoms with Crippen molar-refractivity contribution in [1.29, 1.82) is 0 Å². The Balaban J connectivity index is 2.74. The van der Waals surface area contributed by atoms with Crippen molar-refractivity contribution in [2.24, 2.45) is 5.41 Å². The first-order valence-electron chi connectivity index (χ1n) is 6.11. The zero-order chi connectivity index (χ0) is 14.5. The zero-order valence-corrected chi connectivity index (χ0v) is 12.3. The van der Waals surface area contributed by atoms with E-state index in [4.69, 9.17) is 16.3 Å². The molecule has 0 heterocycles. The fraction of sp³-hybridized carbons (Fsp3) is 0.500. The van der Waals surface area contributed by atoms with E-state index in [2.05, 4.69) is 5.32 Å². The van der Waals surface area contributed by atoms with Gasteiger partial charge >= 0.3 is 0 Å². The van der Waals surface area contributed by atoms with Gasteiger partial charge in [0.1, 0.15) is 0 Å². The van der Waals surface area contributed by atoms with E-state index in [-0.39, 0.29) is 28.4 Å². The van der Waals surface area contributed by atoms with Crippen LogP contribution in [0.2, 0.25) is 0 Å². The van der Waals surface area contributed by atoms with Crippen LogP contribution in [0, 0.1) is 5.41 Å². The number of alkyl halides is 1. The number of halogens is 1. The van der Waals surface area contributed by atoms with Gasteiger partial charge in [-0.1, -0.05) is 19.9 Å². The van der Waals surface area contributed by atoms with E-state index in [0.717, 1.165) is 6.42 Å². The van der Waals surface area contributed by atoms with Crippen LogP contribution in [0.15, 0.2) is 18.2 Å². The smallest absolute Gasteiger partial charge is 0.255 e. The summed E-state index contributed by atoms with van der Waals surface area (Å²) in [5.41, 5.74) is 0.132. The van der Waals surface area contributed by atoms with E-state index in [1.165, 1.54) is 7.11 Å². The topological polar surface area (TPSA) is 58.6 Å². The van der Waals surface area contributed by atoms with Gasteiger partial charge in [-0.15, -0.1) is 11.6 Å². The number of para-hydroxylation sites is 1. The second kappa shape index (κ2) is 6.66. The molecule has 1 amide bonds. The summed E-state index contributed by atoms with van der Waals surface area (Å²) >= 11 is 5.71. The Bertz CT molecular complexity index is 446. The molecule has 1 aromatic rings. The highest BCUT2D eigenvalue weighted by atomic mass is 35.5. The Kier molecular flexibility index (Phi) is 5.48. The van der Waals surface area contributed by atoms with E-state index in [1.54, 1.807) is 18.2 Å². The van der Waals surface area contributed by atoms with Gasteiger partial charge in [0.05, 0.1) is 12.7 Å². The van der Waals surface area contributed by atoms with Gasteiger partial charge in [0, 0.05) is 12.4 Å². The molecule has 0 unspecified atom stereocenters. The predicted octanol–water partition coefficient (Wildman–Crippen LogP) is 2.79. The molecule has 0 aromatic heterocycles. The summed E-state index contributed by atoms with van der Waals surface area (Å²) in [6, 6.07) is 4.82. The zero-order valence-electron chi connectivity index (χ0n) is 11.5. The molecule has 0 saturated carbocycles. The molecule has 1 rings (SSSR count). The van der Waals surface area contributed by atoms with Crippen molar-refractivity contribution in [3.05, 3.63) is 23.8 Å². The number of hydrogen-bond acceptors (Lipinski definition) is 3. The van der Waals surface area contributed by atoms with Crippen molar-refractivity contribution in [2.75, 3.05) is 19.5 Å². The highest BCUT2D eigenvalue weighted by molar-refractivity contribution is 6.17. The molecule has 0 fully saturated rings. The van der Waals surface area contributed by atoms with E-state index in [1.807, 2.05) is 13.8 Å². The van der Waals surface area contributed by atoms with Gasteiger partial charge in [-0.2, -0.15) is 0 Å². The van der Waals surface area contributed by atoms with Gasteiger partial charge in [-0.25, -0.2) is 0 Å². The second-order valence-corrected chi connectivity index (χ2v) is 5.52. The fourth-order valence-corrected chi connectivity index (χ4v) is 2.14. The quantitative estimate of drug-likeness (QED) is 0.790. The van der Waals surface area contributed by atoms with Crippen molar-refractivity contribution < 1.29 is 14.6 Å². The molecule has 0 saturated heterocycles. The third-order valence-corrected chi connectivity index (χ3v) is 3.15. The molecule has 106 valence electrons. The number of benzene rings is 1. The van der Waals surface area contributed by atoms with Crippen LogP contribution in [0.25, 0.3) is 0 Å². The minimum absolute atomic E-state index is 0.0775. The lowest BCUT2D eigenvalue weighted by Gasteiger charge is -2.23. The van der Waals surface area contributed by atoms with Gasteiger partial charge in [0.25, 0.3) is 5.91 Å². The van der Waals surface area contributed by atoms with Crippen molar-refractivity contribution in [2.45, 2.75) is 20.3 Å². The van der Waals surface area contributed by atoms with Gasteiger partial charge in [0.15, 0.2) is 11.5 Å². The molecule has 0 bridgehead atoms. The van der Waals surface area contributed by atoms with E-state index < -0.39 is 0 Å². The van der Waals surface area contributed by atoms with Gasteiger partial charge in [0.2, 0.25) is 0 Å². The summed E-state index contributed by atoms with van der Waals surface area (Å²) in [5.74, 6) is 0.372. The third-order valence-electron chi connectivity index (χ3n) is 2.96. The van der Waals surface area contributed by atoms with Gasteiger partial charge in [-0.3, -0.25) is 4.79 Å². The molecule has 2 N–H and O–H groups in total. The fourth-order valence-electron chi connectivity index (χ4n) is 1.63. The van der Waals surface area contributed by atoms with Crippen LogP contribution >= 0.6 is 11.6 Å². The Morgan fingerprint density at radius 1 is 1.47 bits per heavy atom. The minimum atomic E-state index is -0.320. The lowest BCUT2D eigenvalue weighted by molar-refractivity contribution is 0.0932. The molecule has 0 aliphatic carbocycles. The number of ether oxygens (including phenoxy) is 1. The SMILES string of the molecule is COc1cccc(C(=O)NCC(C)(C)CCCl)c1O. The third kappa shape index (κ3) is 4.31. The summed E-state index contributed by atoms with van der Waals surface area (Å²) in [6.07, 6.45) is 0.804. The van der Waals surface area contributed by atoms with E-state index in [0.29, 0.717) is 12.4 Å². The van der Waals surface area contributed by atoms with Crippen molar-refractivity contribution in [3.63, 3.8) is 0 Å². The van der Waals surface area contributed by atoms with Crippen molar-refractivity contribution in [1.82, 2.24) is 5.32 Å². The molecule has 4 nitrogen and oxygen atoms in total. The number of phenolic OH excluding ortho intramolecular Hbond substituents is 1. The lowest BCUT2D eigenvalue weighted by atomic mass is 9.90. The largest absolute Gasteiger partial charge is 0.504 e. The van der Waals surface area contributed by atoms with E-state index >= 15 is 0 Å².